The van der Waals surface area contributed by atoms with Gasteiger partial charge >= 0.3 is 5.91 Å². The number of benzene rings is 3. The molecule has 0 radical (unpaired) electrons. The van der Waals surface area contributed by atoms with Crippen LogP contribution >= 0.6 is 11.3 Å². The highest BCUT2D eigenvalue weighted by Gasteiger charge is 2.48. The highest BCUT2D eigenvalue weighted by molar-refractivity contribution is 7.22. The number of aryl methyl sites for hydroxylation is 1. The van der Waals surface area contributed by atoms with E-state index in [1.807, 2.05) is 32.9 Å². The Morgan fingerprint density at radius 1 is 1.00 bits per heavy atom. The molecule has 1 aliphatic rings. The van der Waals surface area contributed by atoms with E-state index in [9.17, 15) is 19.1 Å². The number of nitrogens with zero attached hydrogens (tertiary/aromatic N) is 2. The zero-order chi connectivity index (χ0) is 27.0. The van der Waals surface area contributed by atoms with Crippen molar-refractivity contribution in [3.05, 3.63) is 88.7 Å². The molecule has 1 fully saturated rings. The summed E-state index contributed by atoms with van der Waals surface area (Å²) in [6.45, 7) is 6.40. The maximum Gasteiger partial charge on any atom is 0.301 e. The van der Waals surface area contributed by atoms with Crippen LogP contribution in [0.15, 0.2) is 66.2 Å². The van der Waals surface area contributed by atoms with E-state index in [0.29, 0.717) is 46.1 Å². The van der Waals surface area contributed by atoms with Crippen LogP contribution < -0.4 is 14.4 Å². The van der Waals surface area contributed by atoms with Crippen LogP contribution in [0, 0.1) is 12.7 Å². The lowest BCUT2D eigenvalue weighted by atomic mass is 9.95. The molecule has 2 heterocycles. The van der Waals surface area contributed by atoms with Gasteiger partial charge in [0.05, 0.1) is 35.0 Å². The Bertz CT molecular complexity index is 1580. The quantitative estimate of drug-likeness (QED) is 0.174. The summed E-state index contributed by atoms with van der Waals surface area (Å²) in [7, 11) is 0. The van der Waals surface area contributed by atoms with Crippen molar-refractivity contribution in [1.82, 2.24) is 4.98 Å². The van der Waals surface area contributed by atoms with Crippen molar-refractivity contribution in [3.63, 3.8) is 0 Å². The zero-order valence-electron chi connectivity index (χ0n) is 21.0. The summed E-state index contributed by atoms with van der Waals surface area (Å²) < 4.78 is 25.9. The third-order valence-corrected chi connectivity index (χ3v) is 7.22. The topological polar surface area (TPSA) is 89.0 Å². The van der Waals surface area contributed by atoms with Crippen LogP contribution in [-0.4, -0.2) is 35.0 Å². The van der Waals surface area contributed by atoms with Gasteiger partial charge in [-0.1, -0.05) is 47.2 Å². The van der Waals surface area contributed by atoms with E-state index in [4.69, 9.17) is 9.47 Å². The summed E-state index contributed by atoms with van der Waals surface area (Å²) in [5.41, 5.74) is 2.33. The molecule has 38 heavy (non-hydrogen) atoms. The van der Waals surface area contributed by atoms with Gasteiger partial charge in [0.15, 0.2) is 16.6 Å². The number of rotatable bonds is 7. The first-order valence-electron chi connectivity index (χ1n) is 12.2. The summed E-state index contributed by atoms with van der Waals surface area (Å²) in [5.74, 6) is -1.45. The van der Waals surface area contributed by atoms with Crippen LogP contribution in [0.5, 0.6) is 11.5 Å². The molecular formula is C29H25FN2O5S. The summed E-state index contributed by atoms with van der Waals surface area (Å²) in [4.78, 5) is 32.7. The van der Waals surface area contributed by atoms with E-state index in [2.05, 4.69) is 4.98 Å². The molecule has 9 heteroatoms. The molecule has 0 bridgehead atoms. The second-order valence-corrected chi connectivity index (χ2v) is 9.72. The second-order valence-electron chi connectivity index (χ2n) is 8.72. The second kappa shape index (κ2) is 10.3. The molecule has 1 N–H and O–H groups in total. The number of carbonyl (C=O) groups excluding carboxylic acids is 2. The Labute approximate surface area is 222 Å². The Hall–Kier alpha value is -4.24. The third kappa shape index (κ3) is 4.50. The molecule has 1 atom stereocenters. The van der Waals surface area contributed by atoms with Gasteiger partial charge in [-0.3, -0.25) is 14.5 Å². The highest BCUT2D eigenvalue weighted by Crippen LogP contribution is 2.46. The normalized spacial score (nSPS) is 16.8. The Morgan fingerprint density at radius 3 is 2.42 bits per heavy atom. The lowest BCUT2D eigenvalue weighted by Crippen LogP contribution is -2.29. The maximum atomic E-state index is 13.9. The maximum absolute atomic E-state index is 13.9. The average molecular weight is 533 g/mol. The number of hydrogen-bond donors (Lipinski definition) is 1. The minimum Gasteiger partial charge on any atom is -0.507 e. The molecule has 4 aromatic rings. The number of ketones is 1. The predicted molar refractivity (Wildman–Crippen MR) is 144 cm³/mol. The number of fused-ring (bicyclic) bond motifs is 1. The summed E-state index contributed by atoms with van der Waals surface area (Å²) >= 11 is 1.09. The number of Topliss-reactive ketones (excluding diaryl/α,β-unsaturated/α-hetero) is 1. The SMILES string of the molecule is CCOc1ccc(C2/C(=C(\O)c3ccc(C)cc3)C(=O)C(=O)N2c2nc3ccc(F)cc3s2)cc1OCC. The number of amides is 1. The number of aliphatic hydroxyl groups excluding tert-OH is 1. The molecule has 3 aromatic carbocycles. The van der Waals surface area contributed by atoms with Crippen molar-refractivity contribution in [2.45, 2.75) is 26.8 Å². The zero-order valence-corrected chi connectivity index (χ0v) is 21.8. The number of anilines is 1. The largest absolute Gasteiger partial charge is 0.507 e. The van der Waals surface area contributed by atoms with Gasteiger partial charge < -0.3 is 14.6 Å². The van der Waals surface area contributed by atoms with E-state index in [0.717, 1.165) is 16.9 Å². The fraction of sp³-hybridized carbons (Fsp3) is 0.207. The number of carbonyl (C=O) groups is 2. The van der Waals surface area contributed by atoms with Gasteiger partial charge in [-0.05, 0) is 56.7 Å². The van der Waals surface area contributed by atoms with Gasteiger partial charge in [0.1, 0.15) is 11.6 Å². The van der Waals surface area contributed by atoms with Crippen LogP contribution in [-0.2, 0) is 9.59 Å². The van der Waals surface area contributed by atoms with Crippen molar-refractivity contribution in [3.8, 4) is 11.5 Å². The lowest BCUT2D eigenvalue weighted by Gasteiger charge is -2.24. The van der Waals surface area contributed by atoms with E-state index < -0.39 is 23.5 Å². The monoisotopic (exact) mass is 532 g/mol. The molecule has 1 aliphatic heterocycles. The van der Waals surface area contributed by atoms with Crippen LogP contribution in [0.4, 0.5) is 9.52 Å². The number of hydrogen-bond acceptors (Lipinski definition) is 7. The van der Waals surface area contributed by atoms with E-state index in [1.54, 1.807) is 30.3 Å². The minimum absolute atomic E-state index is 0.0732. The van der Waals surface area contributed by atoms with Gasteiger partial charge in [0, 0.05) is 5.56 Å². The molecule has 1 amide bonds. The molecule has 194 valence electrons. The molecular weight excluding hydrogens is 507 g/mol. The average Bonchev–Trinajstić information content (AvgIpc) is 3.43. The van der Waals surface area contributed by atoms with Crippen LogP contribution in [0.2, 0.25) is 0 Å². The summed E-state index contributed by atoms with van der Waals surface area (Å²) in [6, 6.07) is 15.3. The Balaban J connectivity index is 1.73. The number of halogens is 1. The molecule has 1 saturated heterocycles. The van der Waals surface area contributed by atoms with Crippen molar-refractivity contribution < 1.29 is 28.6 Å². The van der Waals surface area contributed by atoms with Crippen LogP contribution in [0.1, 0.15) is 36.6 Å². The van der Waals surface area contributed by atoms with E-state index >= 15 is 0 Å². The van der Waals surface area contributed by atoms with Gasteiger partial charge in [-0.2, -0.15) is 0 Å². The Morgan fingerprint density at radius 2 is 1.71 bits per heavy atom. The van der Waals surface area contributed by atoms with Crippen LogP contribution in [0.3, 0.4) is 0 Å². The highest BCUT2D eigenvalue weighted by atomic mass is 32.1. The van der Waals surface area contributed by atoms with Crippen molar-refractivity contribution in [2.75, 3.05) is 18.1 Å². The van der Waals surface area contributed by atoms with Gasteiger partial charge in [-0.15, -0.1) is 0 Å². The number of thiazole rings is 1. The summed E-state index contributed by atoms with van der Waals surface area (Å²) in [5, 5.41) is 11.6. The predicted octanol–water partition coefficient (Wildman–Crippen LogP) is 6.17. The van der Waals surface area contributed by atoms with Gasteiger partial charge in [-0.25, -0.2) is 9.37 Å². The van der Waals surface area contributed by atoms with Gasteiger partial charge in [0.25, 0.3) is 5.78 Å². The molecule has 1 aromatic heterocycles. The molecule has 0 spiro atoms. The van der Waals surface area contributed by atoms with E-state index in [-0.39, 0.29) is 16.5 Å². The molecule has 0 aliphatic carbocycles. The molecule has 0 saturated carbocycles. The first kappa shape index (κ1) is 25.4. The Kier molecular flexibility index (Phi) is 6.86. The van der Waals surface area contributed by atoms with Crippen molar-refractivity contribution >= 4 is 44.1 Å². The van der Waals surface area contributed by atoms with Crippen molar-refractivity contribution in [1.29, 1.82) is 0 Å². The molecule has 5 rings (SSSR count). The number of aliphatic hydroxyl groups is 1. The van der Waals surface area contributed by atoms with Gasteiger partial charge in [0.2, 0.25) is 0 Å². The molecule has 1 unspecified atom stereocenters. The first-order chi connectivity index (χ1) is 18.3. The lowest BCUT2D eigenvalue weighted by molar-refractivity contribution is -0.132. The minimum atomic E-state index is -1.00. The molecule has 7 nitrogen and oxygen atoms in total. The van der Waals surface area contributed by atoms with Crippen LogP contribution in [0.25, 0.3) is 16.0 Å². The fourth-order valence-corrected chi connectivity index (χ4v) is 5.46. The standard InChI is InChI=1S/C29H25FN2O5S/c1-4-36-21-13-10-18(14-22(21)37-5-2)25-24(26(33)17-8-6-16(3)7-9-17)27(34)28(35)32(25)29-31-20-12-11-19(30)15-23(20)38-29/h6-15,25,33H,4-5H2,1-3H3/b26-24+. The van der Waals surface area contributed by atoms with Crippen molar-refractivity contribution in [2.24, 2.45) is 0 Å². The fourth-order valence-electron chi connectivity index (χ4n) is 4.44. The van der Waals surface area contributed by atoms with E-state index in [1.165, 1.54) is 23.1 Å². The third-order valence-electron chi connectivity index (χ3n) is 6.20. The number of ether oxygens (including phenoxy) is 2. The number of aromatic nitrogens is 1. The smallest absolute Gasteiger partial charge is 0.301 e. The first-order valence-corrected chi connectivity index (χ1v) is 13.0. The summed E-state index contributed by atoms with van der Waals surface area (Å²) in [6.07, 6.45) is 0.